The van der Waals surface area contributed by atoms with Gasteiger partial charge in [0.05, 0.1) is 18.6 Å². The van der Waals surface area contributed by atoms with Gasteiger partial charge in [0, 0.05) is 0 Å². The van der Waals surface area contributed by atoms with Crippen LogP contribution in [0.1, 0.15) is 13.3 Å². The number of carbonyl (C=O) groups is 2. The van der Waals surface area contributed by atoms with Crippen LogP contribution in [0.5, 0.6) is 0 Å². The van der Waals surface area contributed by atoms with Gasteiger partial charge in [0.25, 0.3) is 0 Å². The predicted molar refractivity (Wildman–Crippen MR) is 57.0 cm³/mol. The van der Waals surface area contributed by atoms with E-state index in [1.54, 1.807) is 6.92 Å². The first-order valence-corrected chi connectivity index (χ1v) is 5.96. The fourth-order valence-electron chi connectivity index (χ4n) is 1.55. The molecule has 128 valence electrons. The van der Waals surface area contributed by atoms with Gasteiger partial charge in [-0.2, -0.15) is 26.3 Å². The van der Waals surface area contributed by atoms with Crippen LogP contribution in [0.4, 0.5) is 26.3 Å². The molecule has 0 atom stereocenters. The maximum Gasteiger partial charge on any atom is 0.411 e. The summed E-state index contributed by atoms with van der Waals surface area (Å²) in [4.78, 5) is 21.1. The lowest BCUT2D eigenvalue weighted by molar-refractivity contribution is -0.301. The highest BCUT2D eigenvalue weighted by atomic mass is 19.3. The molecular formula is C11H12F6O5. The zero-order chi connectivity index (χ0) is 17.4. The van der Waals surface area contributed by atoms with Crippen molar-refractivity contribution in [1.29, 1.82) is 0 Å². The Labute approximate surface area is 120 Å². The van der Waals surface area contributed by atoms with E-state index in [0.717, 1.165) is 0 Å². The van der Waals surface area contributed by atoms with Crippen molar-refractivity contribution in [3.63, 3.8) is 0 Å². The van der Waals surface area contributed by atoms with E-state index in [1.165, 1.54) is 0 Å². The van der Waals surface area contributed by atoms with E-state index in [4.69, 9.17) is 9.84 Å². The average molecular weight is 338 g/mol. The first-order chi connectivity index (χ1) is 9.84. The van der Waals surface area contributed by atoms with Crippen LogP contribution in [-0.2, 0) is 19.1 Å². The van der Waals surface area contributed by atoms with Gasteiger partial charge in [-0.05, 0) is 6.42 Å². The topological polar surface area (TPSA) is 72.8 Å². The summed E-state index contributed by atoms with van der Waals surface area (Å²) in [7, 11) is 0. The van der Waals surface area contributed by atoms with Crippen molar-refractivity contribution >= 4 is 11.9 Å². The molecule has 0 aromatic heterocycles. The number of ether oxygens (including phenoxy) is 2. The highest BCUT2D eigenvalue weighted by Crippen LogP contribution is 2.46. The van der Waals surface area contributed by atoms with Gasteiger partial charge in [-0.15, -0.1) is 0 Å². The molecule has 1 fully saturated rings. The van der Waals surface area contributed by atoms with Gasteiger partial charge < -0.3 is 14.6 Å². The molecule has 0 aliphatic carbocycles. The van der Waals surface area contributed by atoms with E-state index in [-0.39, 0.29) is 13.2 Å². The number of hydrogen-bond donors (Lipinski definition) is 1. The van der Waals surface area contributed by atoms with E-state index in [2.05, 4.69) is 4.74 Å². The lowest BCUT2D eigenvalue weighted by Gasteiger charge is -2.40. The van der Waals surface area contributed by atoms with Crippen molar-refractivity contribution in [2.45, 2.75) is 31.1 Å². The van der Waals surface area contributed by atoms with Crippen molar-refractivity contribution in [2.24, 2.45) is 5.41 Å². The van der Waals surface area contributed by atoms with E-state index >= 15 is 0 Å². The second kappa shape index (κ2) is 5.60. The van der Waals surface area contributed by atoms with E-state index in [9.17, 15) is 35.9 Å². The number of alkyl halides is 6. The second-order valence-corrected chi connectivity index (χ2v) is 4.95. The van der Waals surface area contributed by atoms with Crippen LogP contribution in [0.15, 0.2) is 0 Å². The molecule has 0 bridgehead atoms. The quantitative estimate of drug-likeness (QED) is 0.567. The first kappa shape index (κ1) is 18.5. The largest absolute Gasteiger partial charge is 0.477 e. The Morgan fingerprint density at radius 3 is 1.95 bits per heavy atom. The van der Waals surface area contributed by atoms with Gasteiger partial charge in [0.1, 0.15) is 6.61 Å². The van der Waals surface area contributed by atoms with Gasteiger partial charge in [-0.25, -0.2) is 9.59 Å². The molecule has 0 aromatic carbocycles. The highest BCUT2D eigenvalue weighted by Gasteiger charge is 2.79. The van der Waals surface area contributed by atoms with Gasteiger partial charge in [0.15, 0.2) is 0 Å². The normalized spacial score (nSPS) is 18.5. The zero-order valence-electron chi connectivity index (χ0n) is 11.2. The monoisotopic (exact) mass is 338 g/mol. The number of carboxylic acids is 1. The Balaban J connectivity index is 2.88. The van der Waals surface area contributed by atoms with E-state index < -0.39 is 41.7 Å². The number of halogens is 6. The first-order valence-electron chi connectivity index (χ1n) is 5.96. The molecule has 1 aliphatic heterocycles. The molecule has 0 spiro atoms. The molecule has 1 N–H and O–H groups in total. The molecule has 1 aliphatic rings. The molecule has 0 unspecified atom stereocenters. The third-order valence-corrected chi connectivity index (χ3v) is 3.39. The molecule has 1 rings (SSSR count). The Bertz CT molecular complexity index is 454. The van der Waals surface area contributed by atoms with Crippen molar-refractivity contribution in [3.8, 4) is 0 Å². The molecule has 0 aromatic rings. The summed E-state index contributed by atoms with van der Waals surface area (Å²) in [6.07, 6.45) is 0.313. The van der Waals surface area contributed by atoms with Gasteiger partial charge in [-0.1, -0.05) is 6.92 Å². The van der Waals surface area contributed by atoms with Crippen LogP contribution in [0.25, 0.3) is 0 Å². The van der Waals surface area contributed by atoms with Crippen LogP contribution >= 0.6 is 0 Å². The molecule has 1 heterocycles. The Morgan fingerprint density at radius 2 is 1.64 bits per heavy atom. The summed E-state index contributed by atoms with van der Waals surface area (Å²) in [5, 5.41) is 7.93. The lowest BCUT2D eigenvalue weighted by Crippen LogP contribution is -2.61. The van der Waals surface area contributed by atoms with Crippen LogP contribution in [-0.4, -0.2) is 54.6 Å². The van der Waals surface area contributed by atoms with Crippen LogP contribution in [0.3, 0.4) is 0 Å². The maximum atomic E-state index is 13.3. The zero-order valence-corrected chi connectivity index (χ0v) is 11.2. The third kappa shape index (κ3) is 2.73. The summed E-state index contributed by atoms with van der Waals surface area (Å²) in [6.45, 7) is 0.933. The molecular weight excluding hydrogens is 326 g/mol. The number of esters is 1. The minimum Gasteiger partial charge on any atom is -0.477 e. The second-order valence-electron chi connectivity index (χ2n) is 4.95. The summed E-state index contributed by atoms with van der Waals surface area (Å²) in [5.74, 6) is -25.0. The van der Waals surface area contributed by atoms with E-state index in [0.29, 0.717) is 6.42 Å². The molecule has 22 heavy (non-hydrogen) atoms. The molecule has 0 radical (unpaired) electrons. The van der Waals surface area contributed by atoms with Crippen molar-refractivity contribution in [2.75, 3.05) is 19.8 Å². The summed E-state index contributed by atoms with van der Waals surface area (Å²) >= 11 is 0. The minimum atomic E-state index is -6.45. The standard InChI is InChI=1S/C11H12F6O5/c1-2-8(3-21-4-8)5-22-7(20)10(14,15)11(16,17)9(12,13)6(18)19/h2-5H2,1H3,(H,18,19). The van der Waals surface area contributed by atoms with Gasteiger partial charge in [0.2, 0.25) is 0 Å². The van der Waals surface area contributed by atoms with Crippen LogP contribution in [0, 0.1) is 5.41 Å². The minimum absolute atomic E-state index is 0.0318. The number of carboxylic acid groups (broad SMARTS) is 1. The van der Waals surface area contributed by atoms with Gasteiger partial charge >= 0.3 is 29.7 Å². The number of carbonyl (C=O) groups excluding carboxylic acids is 1. The van der Waals surface area contributed by atoms with Crippen molar-refractivity contribution in [1.82, 2.24) is 0 Å². The molecule has 0 amide bonds. The van der Waals surface area contributed by atoms with Gasteiger partial charge in [-0.3, -0.25) is 0 Å². The fourth-order valence-corrected chi connectivity index (χ4v) is 1.55. The smallest absolute Gasteiger partial charge is 0.411 e. The predicted octanol–water partition coefficient (Wildman–Crippen LogP) is 1.95. The molecule has 11 heteroatoms. The Morgan fingerprint density at radius 1 is 1.14 bits per heavy atom. The average Bonchev–Trinajstić information content (AvgIpc) is 2.36. The molecule has 5 nitrogen and oxygen atoms in total. The van der Waals surface area contributed by atoms with Crippen LogP contribution in [0.2, 0.25) is 0 Å². The van der Waals surface area contributed by atoms with Crippen molar-refractivity contribution in [3.05, 3.63) is 0 Å². The number of hydrogen-bond acceptors (Lipinski definition) is 4. The fraction of sp³-hybridized carbons (Fsp3) is 0.818. The molecule has 1 saturated heterocycles. The SMILES string of the molecule is CCC1(COC(=O)C(F)(F)C(F)(F)C(F)(F)C(=O)O)COC1. The molecule has 0 saturated carbocycles. The summed E-state index contributed by atoms with van der Waals surface area (Å²) in [5.41, 5.74) is -0.837. The highest BCUT2D eigenvalue weighted by molar-refractivity contribution is 5.83. The summed E-state index contributed by atoms with van der Waals surface area (Å²) in [6, 6.07) is 0. The van der Waals surface area contributed by atoms with Crippen molar-refractivity contribution < 1.29 is 50.5 Å². The summed E-state index contributed by atoms with van der Waals surface area (Å²) < 4.78 is 86.9. The Kier molecular flexibility index (Phi) is 4.71. The Hall–Kier alpha value is -1.52. The van der Waals surface area contributed by atoms with E-state index in [1.807, 2.05) is 0 Å². The third-order valence-electron chi connectivity index (χ3n) is 3.39. The maximum absolute atomic E-state index is 13.3. The lowest BCUT2D eigenvalue weighted by atomic mass is 9.84. The van der Waals surface area contributed by atoms with Crippen LogP contribution < -0.4 is 0 Å². The number of aliphatic carboxylic acids is 1. The number of rotatable bonds is 7.